The quantitative estimate of drug-likeness (QED) is 0.628. The fraction of sp³-hybridized carbons (Fsp3) is 0.333. The molecule has 0 unspecified atom stereocenters. The van der Waals surface area contributed by atoms with Crippen molar-refractivity contribution in [3.05, 3.63) is 41.5 Å². The maximum absolute atomic E-state index is 12.5. The van der Waals surface area contributed by atoms with Crippen LogP contribution in [0.25, 0.3) is 10.8 Å². The van der Waals surface area contributed by atoms with Crippen LogP contribution in [0.5, 0.6) is 0 Å². The second-order valence-electron chi connectivity index (χ2n) is 5.88. The second kappa shape index (κ2) is 5.26. The van der Waals surface area contributed by atoms with Gasteiger partial charge in [-0.1, -0.05) is 30.3 Å². The Morgan fingerprint density at radius 3 is 2.22 bits per heavy atom. The van der Waals surface area contributed by atoms with Crippen LogP contribution < -0.4 is 4.90 Å². The van der Waals surface area contributed by atoms with E-state index in [1.807, 2.05) is 49.2 Å². The Labute approximate surface area is 134 Å². The molecule has 0 saturated carbocycles. The number of methoxy groups -OCH3 is 2. The second-order valence-corrected chi connectivity index (χ2v) is 5.88. The molecule has 23 heavy (non-hydrogen) atoms. The van der Waals surface area contributed by atoms with E-state index in [0.717, 1.165) is 22.0 Å². The highest BCUT2D eigenvalue weighted by atomic mass is 16.5. The van der Waals surface area contributed by atoms with Crippen LogP contribution in [-0.4, -0.2) is 39.8 Å². The van der Waals surface area contributed by atoms with Crippen LogP contribution in [0, 0.1) is 6.92 Å². The third-order valence-corrected chi connectivity index (χ3v) is 4.61. The number of hydrogen-bond acceptors (Lipinski definition) is 5. The molecule has 0 atom stereocenters. The molecule has 0 N–H and O–H groups in total. The number of fused-ring (bicyclic) bond motifs is 3. The number of anilines is 1. The Morgan fingerprint density at radius 1 is 1.09 bits per heavy atom. The lowest BCUT2D eigenvalue weighted by atomic mass is 9.80. The number of hydrogen-bond donors (Lipinski definition) is 0. The minimum Gasteiger partial charge on any atom is -0.468 e. The normalized spacial score (nSPS) is 15.4. The van der Waals surface area contributed by atoms with Crippen molar-refractivity contribution in [2.45, 2.75) is 12.3 Å². The summed E-state index contributed by atoms with van der Waals surface area (Å²) in [5.74, 6) is -1.19. The third kappa shape index (κ3) is 1.92. The average Bonchev–Trinajstić information content (AvgIpc) is 2.87. The first-order chi connectivity index (χ1) is 11.0. The Bertz CT molecular complexity index is 796. The molecule has 1 aliphatic heterocycles. The van der Waals surface area contributed by atoms with Crippen molar-refractivity contribution in [2.24, 2.45) is 0 Å². The topological polar surface area (TPSA) is 55.8 Å². The molecule has 2 aromatic rings. The van der Waals surface area contributed by atoms with Gasteiger partial charge in [0.15, 0.2) is 0 Å². The van der Waals surface area contributed by atoms with E-state index >= 15 is 0 Å². The number of aryl methyl sites for hydroxylation is 1. The summed E-state index contributed by atoms with van der Waals surface area (Å²) in [7, 11) is 4.45. The molecule has 0 spiro atoms. The lowest BCUT2D eigenvalue weighted by Crippen LogP contribution is -2.48. The number of carbonyl (C=O) groups is 2. The van der Waals surface area contributed by atoms with E-state index in [4.69, 9.17) is 9.47 Å². The molecule has 0 saturated heterocycles. The van der Waals surface area contributed by atoms with Crippen molar-refractivity contribution in [3.63, 3.8) is 0 Å². The van der Waals surface area contributed by atoms with Gasteiger partial charge in [-0.05, 0) is 17.9 Å². The first-order valence-electron chi connectivity index (χ1n) is 7.38. The van der Waals surface area contributed by atoms with Gasteiger partial charge in [-0.25, -0.2) is 0 Å². The molecule has 1 heterocycles. The zero-order chi connectivity index (χ0) is 16.8. The first-order valence-corrected chi connectivity index (χ1v) is 7.38. The molecule has 0 aliphatic carbocycles. The zero-order valence-corrected chi connectivity index (χ0v) is 13.7. The van der Waals surface area contributed by atoms with Gasteiger partial charge in [-0.15, -0.1) is 0 Å². The standard InChI is InChI=1S/C18H19NO4/c1-11-9-14-15(13-8-6-5-7-12(11)13)19(2)10-18(14,16(20)22-3)17(21)23-4/h5-9H,10H2,1-4H3. The van der Waals surface area contributed by atoms with Crippen LogP contribution in [0.4, 0.5) is 5.69 Å². The van der Waals surface area contributed by atoms with Gasteiger partial charge in [0.25, 0.3) is 0 Å². The molecule has 5 heteroatoms. The molecule has 5 nitrogen and oxygen atoms in total. The van der Waals surface area contributed by atoms with Gasteiger partial charge in [-0.3, -0.25) is 9.59 Å². The number of likely N-dealkylation sites (N-methyl/N-ethyl adjacent to an activating group) is 1. The molecule has 0 aromatic heterocycles. The largest absolute Gasteiger partial charge is 0.468 e. The number of esters is 2. The van der Waals surface area contributed by atoms with Gasteiger partial charge < -0.3 is 14.4 Å². The molecule has 0 fully saturated rings. The molecular weight excluding hydrogens is 294 g/mol. The van der Waals surface area contributed by atoms with Crippen molar-refractivity contribution >= 4 is 28.4 Å². The van der Waals surface area contributed by atoms with Crippen LogP contribution >= 0.6 is 0 Å². The fourth-order valence-corrected chi connectivity index (χ4v) is 3.58. The predicted octanol–water partition coefficient (Wildman–Crippen LogP) is 2.18. The van der Waals surface area contributed by atoms with Gasteiger partial charge in [0.2, 0.25) is 5.41 Å². The summed E-state index contributed by atoms with van der Waals surface area (Å²) in [6.07, 6.45) is 0. The van der Waals surface area contributed by atoms with Crippen molar-refractivity contribution in [3.8, 4) is 0 Å². The molecule has 0 amide bonds. The Kier molecular flexibility index (Phi) is 3.51. The van der Waals surface area contributed by atoms with Crippen LogP contribution in [0.3, 0.4) is 0 Å². The average molecular weight is 313 g/mol. The highest BCUT2D eigenvalue weighted by molar-refractivity contribution is 6.13. The zero-order valence-electron chi connectivity index (χ0n) is 13.7. The fourth-order valence-electron chi connectivity index (χ4n) is 3.58. The summed E-state index contributed by atoms with van der Waals surface area (Å²) >= 11 is 0. The monoisotopic (exact) mass is 313 g/mol. The van der Waals surface area contributed by atoms with E-state index in [2.05, 4.69) is 0 Å². The summed E-state index contributed by atoms with van der Waals surface area (Å²) < 4.78 is 9.90. The minimum absolute atomic E-state index is 0.203. The third-order valence-electron chi connectivity index (χ3n) is 4.61. The smallest absolute Gasteiger partial charge is 0.329 e. The number of ether oxygens (including phenoxy) is 2. The molecule has 1 aliphatic rings. The van der Waals surface area contributed by atoms with Crippen molar-refractivity contribution in [1.29, 1.82) is 0 Å². The summed E-state index contributed by atoms with van der Waals surface area (Å²) in [5, 5.41) is 2.11. The lowest BCUT2D eigenvalue weighted by Gasteiger charge is -2.24. The summed E-state index contributed by atoms with van der Waals surface area (Å²) in [6.45, 7) is 2.18. The summed E-state index contributed by atoms with van der Waals surface area (Å²) in [4.78, 5) is 27.0. The van der Waals surface area contributed by atoms with E-state index in [9.17, 15) is 9.59 Å². The minimum atomic E-state index is -1.44. The van der Waals surface area contributed by atoms with Crippen LogP contribution in [0.15, 0.2) is 30.3 Å². The maximum Gasteiger partial charge on any atom is 0.329 e. The van der Waals surface area contributed by atoms with E-state index < -0.39 is 17.4 Å². The van der Waals surface area contributed by atoms with Gasteiger partial charge in [-0.2, -0.15) is 0 Å². The Hall–Kier alpha value is -2.56. The highest BCUT2D eigenvalue weighted by Gasteiger charge is 2.56. The number of rotatable bonds is 2. The SMILES string of the molecule is COC(=O)C1(C(=O)OC)CN(C)c2c1cc(C)c1ccccc21. The number of benzene rings is 2. The molecule has 3 rings (SSSR count). The summed E-state index contributed by atoms with van der Waals surface area (Å²) in [6, 6.07) is 9.86. The van der Waals surface area contributed by atoms with E-state index in [1.165, 1.54) is 14.2 Å². The summed E-state index contributed by atoms with van der Waals surface area (Å²) in [5.41, 5.74) is 1.09. The van der Waals surface area contributed by atoms with E-state index in [-0.39, 0.29) is 6.54 Å². The number of nitrogens with zero attached hydrogens (tertiary/aromatic N) is 1. The molecule has 2 aromatic carbocycles. The van der Waals surface area contributed by atoms with Gasteiger partial charge in [0, 0.05) is 30.2 Å². The van der Waals surface area contributed by atoms with E-state index in [1.54, 1.807) is 0 Å². The molecule has 0 radical (unpaired) electrons. The Balaban J connectivity index is 2.40. The van der Waals surface area contributed by atoms with Gasteiger partial charge in [0.1, 0.15) is 0 Å². The van der Waals surface area contributed by atoms with Crippen LogP contribution in [0.2, 0.25) is 0 Å². The van der Waals surface area contributed by atoms with Gasteiger partial charge in [0.05, 0.1) is 14.2 Å². The maximum atomic E-state index is 12.5. The Morgan fingerprint density at radius 2 is 1.65 bits per heavy atom. The molecule has 120 valence electrons. The van der Waals surface area contributed by atoms with Crippen LogP contribution in [0.1, 0.15) is 11.1 Å². The molecular formula is C18H19NO4. The van der Waals surface area contributed by atoms with Crippen molar-refractivity contribution < 1.29 is 19.1 Å². The number of carbonyl (C=O) groups excluding carboxylic acids is 2. The van der Waals surface area contributed by atoms with Gasteiger partial charge >= 0.3 is 11.9 Å². The van der Waals surface area contributed by atoms with Crippen LogP contribution in [-0.2, 0) is 24.5 Å². The lowest BCUT2D eigenvalue weighted by molar-refractivity contribution is -0.161. The molecule has 0 bridgehead atoms. The van der Waals surface area contributed by atoms with Crippen molar-refractivity contribution in [2.75, 3.05) is 32.7 Å². The van der Waals surface area contributed by atoms with Crippen molar-refractivity contribution in [1.82, 2.24) is 0 Å². The van der Waals surface area contributed by atoms with E-state index in [0.29, 0.717) is 5.56 Å². The highest BCUT2D eigenvalue weighted by Crippen LogP contribution is 2.46. The first kappa shape index (κ1) is 15.3. The predicted molar refractivity (Wildman–Crippen MR) is 87.7 cm³/mol.